The molecular formula is C18H22BrN3O5S. The average molecular weight is 472 g/mol. The van der Waals surface area contributed by atoms with Crippen LogP contribution in [-0.2, 0) is 26.1 Å². The topological polar surface area (TPSA) is 105 Å². The first-order chi connectivity index (χ1) is 12.8. The maximum atomic E-state index is 12.4. The Labute approximate surface area is 174 Å². The molecule has 0 aliphatic rings. The van der Waals surface area contributed by atoms with Crippen molar-refractivity contribution in [2.24, 2.45) is 0 Å². The molecule has 1 aromatic carbocycles. The molecule has 28 heavy (non-hydrogen) atoms. The number of nitrogens with zero attached hydrogens (tertiary/aromatic N) is 1. The molecule has 10 heteroatoms. The van der Waals surface area contributed by atoms with Crippen LogP contribution in [0.3, 0.4) is 0 Å². The lowest BCUT2D eigenvalue weighted by molar-refractivity contribution is -0.686. The SMILES string of the molecule is CCOC(=O)C[n+]1cccc(C(=O)NNS(=O)(=O)C(C)c2ccccc2)c1.[Br-]. The molecule has 2 N–H and O–H groups in total. The summed E-state index contributed by atoms with van der Waals surface area (Å²) in [7, 11) is -3.82. The van der Waals surface area contributed by atoms with Gasteiger partial charge in [0.05, 0.1) is 11.9 Å². The molecule has 1 amide bonds. The van der Waals surface area contributed by atoms with E-state index < -0.39 is 27.1 Å². The van der Waals surface area contributed by atoms with Gasteiger partial charge in [-0.2, -0.15) is 4.57 Å². The highest BCUT2D eigenvalue weighted by Crippen LogP contribution is 2.19. The van der Waals surface area contributed by atoms with Crippen LogP contribution in [0.1, 0.15) is 35.0 Å². The summed E-state index contributed by atoms with van der Waals surface area (Å²) < 4.78 is 31.1. The average Bonchev–Trinajstić information content (AvgIpc) is 2.66. The zero-order valence-corrected chi connectivity index (χ0v) is 17.9. The van der Waals surface area contributed by atoms with Crippen molar-refractivity contribution >= 4 is 21.9 Å². The van der Waals surface area contributed by atoms with Gasteiger partial charge in [-0.3, -0.25) is 10.2 Å². The van der Waals surface area contributed by atoms with Crippen LogP contribution in [0.4, 0.5) is 0 Å². The Morgan fingerprint density at radius 1 is 1.14 bits per heavy atom. The molecule has 0 aliphatic carbocycles. The molecule has 2 rings (SSSR count). The molecule has 1 heterocycles. The van der Waals surface area contributed by atoms with Crippen LogP contribution in [0, 0.1) is 0 Å². The van der Waals surface area contributed by atoms with E-state index in [1.54, 1.807) is 49.5 Å². The van der Waals surface area contributed by atoms with Gasteiger partial charge in [0.1, 0.15) is 5.56 Å². The lowest BCUT2D eigenvalue weighted by Crippen LogP contribution is -3.00. The maximum Gasteiger partial charge on any atom is 0.372 e. The third-order valence-corrected chi connectivity index (χ3v) is 5.37. The van der Waals surface area contributed by atoms with Crippen molar-refractivity contribution < 1.29 is 44.3 Å². The van der Waals surface area contributed by atoms with E-state index in [0.29, 0.717) is 5.56 Å². The second-order valence-corrected chi connectivity index (χ2v) is 7.73. The Morgan fingerprint density at radius 3 is 2.46 bits per heavy atom. The Balaban J connectivity index is 0.00000392. The number of rotatable bonds is 8. The van der Waals surface area contributed by atoms with E-state index >= 15 is 0 Å². The molecule has 152 valence electrons. The summed E-state index contributed by atoms with van der Waals surface area (Å²) in [5, 5.41) is -0.844. The molecule has 0 aliphatic heterocycles. The summed E-state index contributed by atoms with van der Waals surface area (Å²) >= 11 is 0. The Hall–Kier alpha value is -2.30. The number of benzene rings is 1. The van der Waals surface area contributed by atoms with E-state index in [2.05, 4.69) is 10.3 Å². The standard InChI is InChI=1S/C18H21N3O5S.BrH/c1-3-26-17(22)13-21-11-7-10-16(12-21)18(23)19-20-27(24,25)14(2)15-8-5-4-6-9-15;/h4-12,14,20H,3,13H2,1-2H3;1H. The quantitative estimate of drug-likeness (QED) is 0.260. The van der Waals surface area contributed by atoms with Crippen LogP contribution >= 0.6 is 0 Å². The first-order valence-electron chi connectivity index (χ1n) is 8.34. The zero-order valence-electron chi connectivity index (χ0n) is 15.5. The monoisotopic (exact) mass is 471 g/mol. The number of esters is 1. The second-order valence-electron chi connectivity index (χ2n) is 5.72. The molecule has 0 saturated carbocycles. The van der Waals surface area contributed by atoms with Crippen molar-refractivity contribution in [1.82, 2.24) is 10.3 Å². The minimum absolute atomic E-state index is 0. The van der Waals surface area contributed by atoms with Gasteiger partial charge in [-0.1, -0.05) is 30.3 Å². The normalized spacial score (nSPS) is 11.8. The number of amides is 1. The predicted molar refractivity (Wildman–Crippen MR) is 97.6 cm³/mol. The van der Waals surface area contributed by atoms with Crippen molar-refractivity contribution in [3.63, 3.8) is 0 Å². The summed E-state index contributed by atoms with van der Waals surface area (Å²) in [6.07, 6.45) is 3.04. The lowest BCUT2D eigenvalue weighted by Gasteiger charge is -2.14. The smallest absolute Gasteiger partial charge is 0.372 e. The van der Waals surface area contributed by atoms with Crippen LogP contribution in [0.2, 0.25) is 0 Å². The van der Waals surface area contributed by atoms with Crippen molar-refractivity contribution in [1.29, 1.82) is 0 Å². The van der Waals surface area contributed by atoms with Crippen LogP contribution in [-0.4, -0.2) is 26.9 Å². The van der Waals surface area contributed by atoms with Gasteiger partial charge in [0.15, 0.2) is 12.4 Å². The maximum absolute atomic E-state index is 12.4. The molecule has 2 aromatic rings. The molecule has 0 radical (unpaired) electrons. The number of carbonyl (C=O) groups is 2. The fraction of sp³-hybridized carbons (Fsp3) is 0.278. The van der Waals surface area contributed by atoms with Gasteiger partial charge in [-0.15, -0.1) is 4.83 Å². The number of aromatic nitrogens is 1. The number of ether oxygens (including phenoxy) is 1. The van der Waals surface area contributed by atoms with E-state index in [0.717, 1.165) is 0 Å². The first kappa shape index (κ1) is 23.7. The molecule has 0 saturated heterocycles. The molecule has 0 fully saturated rings. The minimum atomic E-state index is -3.82. The van der Waals surface area contributed by atoms with E-state index in [-0.39, 0.29) is 35.7 Å². The third kappa shape index (κ3) is 6.70. The van der Waals surface area contributed by atoms with E-state index in [1.165, 1.54) is 23.8 Å². The number of halogens is 1. The second kappa shape index (κ2) is 10.9. The summed E-state index contributed by atoms with van der Waals surface area (Å²) in [5.41, 5.74) is 2.98. The molecule has 0 spiro atoms. The number of hydrogen-bond acceptors (Lipinski definition) is 5. The van der Waals surface area contributed by atoms with Crippen molar-refractivity contribution in [3.8, 4) is 0 Å². The summed E-state index contributed by atoms with van der Waals surface area (Å²) in [6, 6.07) is 11.8. The largest absolute Gasteiger partial charge is 1.00 e. The number of nitrogens with one attached hydrogen (secondary N) is 2. The summed E-state index contributed by atoms with van der Waals surface area (Å²) in [6.45, 7) is 3.45. The van der Waals surface area contributed by atoms with Crippen molar-refractivity contribution in [2.45, 2.75) is 25.6 Å². The van der Waals surface area contributed by atoms with Gasteiger partial charge in [-0.05, 0) is 25.5 Å². The molecular weight excluding hydrogens is 450 g/mol. The number of sulfonamides is 1. The lowest BCUT2D eigenvalue weighted by atomic mass is 10.2. The molecule has 1 atom stereocenters. The highest BCUT2D eigenvalue weighted by atomic mass is 79.9. The summed E-state index contributed by atoms with van der Waals surface area (Å²) in [4.78, 5) is 25.9. The van der Waals surface area contributed by atoms with Gasteiger partial charge in [0, 0.05) is 6.07 Å². The van der Waals surface area contributed by atoms with Crippen LogP contribution in [0.5, 0.6) is 0 Å². The highest BCUT2D eigenvalue weighted by molar-refractivity contribution is 7.89. The van der Waals surface area contributed by atoms with E-state index in [9.17, 15) is 18.0 Å². The fourth-order valence-corrected chi connectivity index (χ4v) is 3.22. The van der Waals surface area contributed by atoms with E-state index in [1.807, 2.05) is 0 Å². The zero-order chi connectivity index (χ0) is 19.9. The Kier molecular flexibility index (Phi) is 9.23. The molecule has 8 nitrogen and oxygen atoms in total. The molecule has 0 bridgehead atoms. The van der Waals surface area contributed by atoms with Gasteiger partial charge < -0.3 is 21.7 Å². The number of carbonyl (C=O) groups excluding carboxylic acids is 2. The van der Waals surface area contributed by atoms with Crippen LogP contribution in [0.15, 0.2) is 54.9 Å². The fourth-order valence-electron chi connectivity index (χ4n) is 2.29. The van der Waals surface area contributed by atoms with Gasteiger partial charge in [0.25, 0.3) is 5.91 Å². The number of hydrazine groups is 1. The number of pyridine rings is 1. The Bertz CT molecular complexity index is 906. The Morgan fingerprint density at radius 2 is 1.82 bits per heavy atom. The molecule has 1 unspecified atom stereocenters. The van der Waals surface area contributed by atoms with Gasteiger partial charge in [0.2, 0.25) is 16.6 Å². The molecule has 1 aromatic heterocycles. The van der Waals surface area contributed by atoms with Crippen LogP contribution < -0.4 is 31.8 Å². The van der Waals surface area contributed by atoms with Gasteiger partial charge >= 0.3 is 5.97 Å². The minimum Gasteiger partial charge on any atom is -1.00 e. The van der Waals surface area contributed by atoms with Crippen molar-refractivity contribution in [3.05, 3.63) is 66.0 Å². The van der Waals surface area contributed by atoms with E-state index in [4.69, 9.17) is 4.74 Å². The predicted octanol–water partition coefficient (Wildman–Crippen LogP) is -2.13. The van der Waals surface area contributed by atoms with Gasteiger partial charge in [-0.25, -0.2) is 13.2 Å². The first-order valence-corrected chi connectivity index (χ1v) is 9.88. The summed E-state index contributed by atoms with van der Waals surface area (Å²) in [5.74, 6) is -1.07. The van der Waals surface area contributed by atoms with Crippen molar-refractivity contribution in [2.75, 3.05) is 6.61 Å². The van der Waals surface area contributed by atoms with Crippen LogP contribution in [0.25, 0.3) is 0 Å². The highest BCUT2D eigenvalue weighted by Gasteiger charge is 2.23. The third-order valence-electron chi connectivity index (χ3n) is 3.78. The number of hydrogen-bond donors (Lipinski definition) is 2.